The van der Waals surface area contributed by atoms with E-state index in [-0.39, 0.29) is 11.3 Å². The van der Waals surface area contributed by atoms with Crippen molar-refractivity contribution in [3.63, 3.8) is 0 Å². The fourth-order valence-corrected chi connectivity index (χ4v) is 5.18. The van der Waals surface area contributed by atoms with Gasteiger partial charge in [-0.2, -0.15) is 0 Å². The van der Waals surface area contributed by atoms with Crippen molar-refractivity contribution in [2.45, 2.75) is 12.3 Å². The lowest BCUT2D eigenvalue weighted by molar-refractivity contribution is -0.115. The lowest BCUT2D eigenvalue weighted by Gasteiger charge is -2.21. The molecular weight excluding hydrogens is 368 g/mol. The molecule has 0 bridgehead atoms. The highest BCUT2D eigenvalue weighted by Crippen LogP contribution is 2.44. The summed E-state index contributed by atoms with van der Waals surface area (Å²) < 4.78 is 11.9. The number of rotatable bonds is 5. The Bertz CT molecular complexity index is 957. The number of methoxy groups -OCH3 is 1. The molecule has 0 saturated carbocycles. The van der Waals surface area contributed by atoms with Crippen LogP contribution in [0.1, 0.15) is 17.9 Å². The summed E-state index contributed by atoms with van der Waals surface area (Å²) in [5.74, 6) is 2.13. The minimum absolute atomic E-state index is 0.0758. The molecule has 5 nitrogen and oxygen atoms in total. The van der Waals surface area contributed by atoms with Crippen LogP contribution in [0.5, 0.6) is 11.5 Å². The number of ether oxygens (including phenoxy) is 2. The summed E-state index contributed by atoms with van der Waals surface area (Å²) in [6.07, 6.45) is 0. The first kappa shape index (κ1) is 17.2. The minimum atomic E-state index is -0.0930. The fourth-order valence-electron chi connectivity index (χ4n) is 2.92. The van der Waals surface area contributed by atoms with Crippen molar-refractivity contribution in [3.05, 3.63) is 48.0 Å². The van der Waals surface area contributed by atoms with Crippen LogP contribution in [0.25, 0.3) is 10.2 Å². The molecule has 1 unspecified atom stereocenters. The fraction of sp³-hybridized carbons (Fsp3) is 0.263. The number of nitrogens with zero attached hydrogens (tertiary/aromatic N) is 2. The minimum Gasteiger partial charge on any atom is -0.497 e. The van der Waals surface area contributed by atoms with E-state index in [0.29, 0.717) is 12.4 Å². The molecule has 1 aliphatic heterocycles. The van der Waals surface area contributed by atoms with Gasteiger partial charge in [-0.15, -0.1) is 11.8 Å². The van der Waals surface area contributed by atoms with Crippen molar-refractivity contribution in [3.8, 4) is 11.5 Å². The molecule has 0 spiro atoms. The van der Waals surface area contributed by atoms with Crippen LogP contribution in [0.15, 0.2) is 42.5 Å². The molecular formula is C19H18N2O3S2. The number of thiazole rings is 1. The molecule has 1 amide bonds. The van der Waals surface area contributed by atoms with Crippen LogP contribution in [0.4, 0.5) is 5.13 Å². The molecule has 7 heteroatoms. The van der Waals surface area contributed by atoms with Gasteiger partial charge < -0.3 is 9.47 Å². The second-order valence-electron chi connectivity index (χ2n) is 5.76. The predicted octanol–water partition coefficient (Wildman–Crippen LogP) is 4.48. The number of amides is 1. The van der Waals surface area contributed by atoms with E-state index < -0.39 is 0 Å². The second-order valence-corrected chi connectivity index (χ2v) is 7.84. The van der Waals surface area contributed by atoms with E-state index in [2.05, 4.69) is 4.98 Å². The molecule has 4 rings (SSSR count). The van der Waals surface area contributed by atoms with Gasteiger partial charge in [0.25, 0.3) is 0 Å². The highest BCUT2D eigenvalue weighted by molar-refractivity contribution is 8.00. The first-order valence-corrected chi connectivity index (χ1v) is 10.2. The van der Waals surface area contributed by atoms with Crippen LogP contribution in [0, 0.1) is 0 Å². The van der Waals surface area contributed by atoms with Crippen LogP contribution in [-0.4, -0.2) is 30.4 Å². The predicted molar refractivity (Wildman–Crippen MR) is 106 cm³/mol. The Morgan fingerprint density at radius 3 is 2.92 bits per heavy atom. The van der Waals surface area contributed by atoms with Gasteiger partial charge in [-0.05, 0) is 42.8 Å². The van der Waals surface area contributed by atoms with E-state index in [0.717, 1.165) is 32.4 Å². The van der Waals surface area contributed by atoms with Crippen LogP contribution >= 0.6 is 23.1 Å². The normalized spacial score (nSPS) is 17.1. The molecule has 1 saturated heterocycles. The van der Waals surface area contributed by atoms with Crippen LogP contribution < -0.4 is 14.4 Å². The molecule has 1 fully saturated rings. The van der Waals surface area contributed by atoms with Crippen molar-refractivity contribution in [1.29, 1.82) is 0 Å². The average molecular weight is 386 g/mol. The van der Waals surface area contributed by atoms with Crippen LogP contribution in [0.3, 0.4) is 0 Å². The molecule has 2 aromatic carbocycles. The number of hydrogen-bond donors (Lipinski definition) is 0. The molecule has 1 aromatic heterocycles. The maximum atomic E-state index is 12.6. The molecule has 26 heavy (non-hydrogen) atoms. The molecule has 0 aliphatic carbocycles. The van der Waals surface area contributed by atoms with Crippen LogP contribution in [-0.2, 0) is 4.79 Å². The van der Waals surface area contributed by atoms with Gasteiger partial charge in [0.15, 0.2) is 5.13 Å². The molecule has 2 heterocycles. The number of benzene rings is 2. The monoisotopic (exact) mass is 386 g/mol. The second kappa shape index (κ2) is 7.17. The zero-order valence-corrected chi connectivity index (χ0v) is 16.1. The summed E-state index contributed by atoms with van der Waals surface area (Å²) >= 11 is 3.13. The zero-order chi connectivity index (χ0) is 18.1. The van der Waals surface area contributed by atoms with E-state index >= 15 is 0 Å². The summed E-state index contributed by atoms with van der Waals surface area (Å²) in [7, 11) is 1.65. The number of carbonyl (C=O) groups is 1. The summed E-state index contributed by atoms with van der Waals surface area (Å²) in [4.78, 5) is 19.1. The van der Waals surface area contributed by atoms with Crippen LogP contribution in [0.2, 0.25) is 0 Å². The molecule has 1 atom stereocenters. The van der Waals surface area contributed by atoms with Gasteiger partial charge in [0.1, 0.15) is 16.9 Å². The highest BCUT2D eigenvalue weighted by atomic mass is 32.2. The van der Waals surface area contributed by atoms with Gasteiger partial charge in [0, 0.05) is 0 Å². The Labute approximate surface area is 159 Å². The van der Waals surface area contributed by atoms with Gasteiger partial charge in [0.2, 0.25) is 5.91 Å². The maximum Gasteiger partial charge on any atom is 0.240 e. The van der Waals surface area contributed by atoms with Gasteiger partial charge in [-0.1, -0.05) is 23.5 Å². The topological polar surface area (TPSA) is 51.7 Å². The number of thioether (sulfide) groups is 1. The number of anilines is 1. The molecule has 1 aliphatic rings. The quantitative estimate of drug-likeness (QED) is 0.647. The number of carbonyl (C=O) groups excluding carboxylic acids is 1. The Morgan fingerprint density at radius 2 is 2.12 bits per heavy atom. The Balaban J connectivity index is 1.71. The Morgan fingerprint density at radius 1 is 1.23 bits per heavy atom. The first-order valence-electron chi connectivity index (χ1n) is 8.30. The van der Waals surface area contributed by atoms with Gasteiger partial charge in [-0.25, -0.2) is 4.98 Å². The van der Waals surface area contributed by atoms with Crippen molar-refractivity contribution in [1.82, 2.24) is 4.98 Å². The largest absolute Gasteiger partial charge is 0.497 e. The molecule has 0 N–H and O–H groups in total. The Hall–Kier alpha value is -2.25. The summed E-state index contributed by atoms with van der Waals surface area (Å²) in [6.45, 7) is 2.58. The van der Waals surface area contributed by atoms with Crippen molar-refractivity contribution < 1.29 is 14.3 Å². The van der Waals surface area contributed by atoms with Crippen molar-refractivity contribution in [2.24, 2.45) is 0 Å². The van der Waals surface area contributed by atoms with E-state index in [1.165, 1.54) is 11.3 Å². The SMILES string of the molecule is CCOc1ccc2nc(N3C(=O)CSC3c3cccc(OC)c3)sc2c1. The number of fused-ring (bicyclic) bond motifs is 1. The molecule has 3 aromatic rings. The number of hydrogen-bond acceptors (Lipinski definition) is 6. The highest BCUT2D eigenvalue weighted by Gasteiger charge is 2.36. The maximum absolute atomic E-state index is 12.6. The third kappa shape index (κ3) is 3.12. The van der Waals surface area contributed by atoms with E-state index in [1.807, 2.05) is 49.4 Å². The van der Waals surface area contributed by atoms with Gasteiger partial charge in [0.05, 0.1) is 29.7 Å². The third-order valence-corrected chi connectivity index (χ3v) is 6.34. The lowest BCUT2D eigenvalue weighted by Crippen LogP contribution is -2.27. The first-order chi connectivity index (χ1) is 12.7. The standard InChI is InChI=1S/C19H18N2O3S2/c1-3-24-14-7-8-15-16(10-14)26-19(20-15)21-17(22)11-25-18(21)12-5-4-6-13(9-12)23-2/h4-10,18H,3,11H2,1-2H3. The van der Waals surface area contributed by atoms with Crippen molar-refractivity contribution in [2.75, 3.05) is 24.4 Å². The average Bonchev–Trinajstić information content (AvgIpc) is 3.24. The smallest absolute Gasteiger partial charge is 0.240 e. The van der Waals surface area contributed by atoms with E-state index in [9.17, 15) is 4.79 Å². The summed E-state index contributed by atoms with van der Waals surface area (Å²) in [6, 6.07) is 13.7. The summed E-state index contributed by atoms with van der Waals surface area (Å²) in [5.41, 5.74) is 1.91. The zero-order valence-electron chi connectivity index (χ0n) is 14.5. The molecule has 134 valence electrons. The molecule has 0 radical (unpaired) electrons. The van der Waals surface area contributed by atoms with E-state index in [1.54, 1.807) is 23.8 Å². The lowest BCUT2D eigenvalue weighted by atomic mass is 10.2. The van der Waals surface area contributed by atoms with Gasteiger partial charge >= 0.3 is 0 Å². The van der Waals surface area contributed by atoms with E-state index in [4.69, 9.17) is 9.47 Å². The van der Waals surface area contributed by atoms with Gasteiger partial charge in [-0.3, -0.25) is 9.69 Å². The number of aromatic nitrogens is 1. The third-order valence-electron chi connectivity index (χ3n) is 4.11. The Kier molecular flexibility index (Phi) is 4.74. The summed E-state index contributed by atoms with van der Waals surface area (Å²) in [5, 5.41) is 0.626. The van der Waals surface area contributed by atoms with Crippen molar-refractivity contribution >= 4 is 44.4 Å².